The highest BCUT2D eigenvalue weighted by Gasteiger charge is 2.20. The lowest BCUT2D eigenvalue weighted by atomic mass is 10.1. The van der Waals surface area contributed by atoms with Gasteiger partial charge >= 0.3 is 5.97 Å². The van der Waals surface area contributed by atoms with Gasteiger partial charge in [-0.05, 0) is 24.3 Å². The van der Waals surface area contributed by atoms with Crippen LogP contribution >= 0.6 is 0 Å². The zero-order valence-corrected chi connectivity index (χ0v) is 9.91. The van der Waals surface area contributed by atoms with E-state index < -0.39 is 17.3 Å². The zero-order valence-electron chi connectivity index (χ0n) is 9.91. The van der Waals surface area contributed by atoms with Gasteiger partial charge in [0.25, 0.3) is 11.8 Å². The maximum absolute atomic E-state index is 14.0. The van der Waals surface area contributed by atoms with Crippen LogP contribution < -0.4 is 0 Å². The minimum Gasteiger partial charge on any atom is -0.478 e. The van der Waals surface area contributed by atoms with Crippen LogP contribution in [0.15, 0.2) is 45.4 Å². The first-order chi connectivity index (χ1) is 9.66. The molecule has 0 aliphatic rings. The van der Waals surface area contributed by atoms with Gasteiger partial charge in [-0.15, -0.1) is 10.2 Å². The number of hydrogen-bond donors (Lipinski definition) is 1. The van der Waals surface area contributed by atoms with Crippen molar-refractivity contribution in [3.63, 3.8) is 0 Å². The molecule has 0 bridgehead atoms. The van der Waals surface area contributed by atoms with Crippen LogP contribution in [0.4, 0.5) is 4.39 Å². The number of aromatic carboxylic acids is 1. The van der Waals surface area contributed by atoms with Gasteiger partial charge in [0.1, 0.15) is 5.82 Å². The molecule has 2 heterocycles. The molecule has 0 aliphatic carbocycles. The van der Waals surface area contributed by atoms with Crippen molar-refractivity contribution in [3.05, 3.63) is 48.0 Å². The summed E-state index contributed by atoms with van der Waals surface area (Å²) in [6, 6.07) is 7.18. The summed E-state index contributed by atoms with van der Waals surface area (Å²) in [6.45, 7) is 0. The highest BCUT2D eigenvalue weighted by atomic mass is 19.1. The Labute approximate surface area is 111 Å². The topological polar surface area (TPSA) is 89.4 Å². The van der Waals surface area contributed by atoms with Crippen molar-refractivity contribution < 1.29 is 23.1 Å². The number of carboxylic acid groups (broad SMARTS) is 1. The second kappa shape index (κ2) is 4.61. The first-order valence-corrected chi connectivity index (χ1v) is 5.56. The van der Waals surface area contributed by atoms with Crippen LogP contribution in [-0.2, 0) is 0 Å². The number of carboxylic acids is 1. The van der Waals surface area contributed by atoms with Crippen LogP contribution in [0, 0.1) is 5.82 Å². The first-order valence-electron chi connectivity index (χ1n) is 5.56. The molecule has 0 fully saturated rings. The molecule has 0 atom stereocenters. The number of nitrogens with zero attached hydrogens (tertiary/aromatic N) is 2. The normalized spacial score (nSPS) is 10.7. The largest absolute Gasteiger partial charge is 0.478 e. The summed E-state index contributed by atoms with van der Waals surface area (Å²) in [4.78, 5) is 10.9. The number of halogens is 1. The lowest BCUT2D eigenvalue weighted by Crippen LogP contribution is -2.01. The summed E-state index contributed by atoms with van der Waals surface area (Å²) < 4.78 is 24.4. The molecule has 3 aromatic rings. The van der Waals surface area contributed by atoms with Gasteiger partial charge in [-0.3, -0.25) is 0 Å². The Bertz CT molecular complexity index is 765. The average molecular weight is 274 g/mol. The molecular weight excluding hydrogens is 267 g/mol. The van der Waals surface area contributed by atoms with E-state index in [-0.39, 0.29) is 17.3 Å². The van der Waals surface area contributed by atoms with Gasteiger partial charge in [-0.2, -0.15) is 0 Å². The predicted octanol–water partition coefficient (Wildman–Crippen LogP) is 2.83. The smallest absolute Gasteiger partial charge is 0.338 e. The third kappa shape index (κ3) is 1.95. The Balaban J connectivity index is 2.06. The minimum absolute atomic E-state index is 0.0739. The monoisotopic (exact) mass is 274 g/mol. The third-order valence-electron chi connectivity index (χ3n) is 2.62. The van der Waals surface area contributed by atoms with Crippen molar-refractivity contribution in [1.82, 2.24) is 10.2 Å². The van der Waals surface area contributed by atoms with Crippen molar-refractivity contribution in [3.8, 4) is 23.1 Å². The fourth-order valence-corrected chi connectivity index (χ4v) is 1.69. The van der Waals surface area contributed by atoms with Gasteiger partial charge in [0.05, 0.1) is 17.4 Å². The lowest BCUT2D eigenvalue weighted by Gasteiger charge is -2.00. The van der Waals surface area contributed by atoms with Crippen LogP contribution in [0.25, 0.3) is 23.1 Å². The molecule has 1 aromatic carbocycles. The van der Waals surface area contributed by atoms with Gasteiger partial charge in [0.2, 0.25) is 0 Å². The van der Waals surface area contributed by atoms with E-state index in [1.807, 2.05) is 0 Å². The van der Waals surface area contributed by atoms with E-state index in [1.165, 1.54) is 18.4 Å². The van der Waals surface area contributed by atoms with E-state index in [4.69, 9.17) is 13.9 Å². The van der Waals surface area contributed by atoms with Gasteiger partial charge in [-0.1, -0.05) is 6.07 Å². The molecular formula is C13H7FN2O4. The molecule has 0 saturated carbocycles. The van der Waals surface area contributed by atoms with E-state index in [1.54, 1.807) is 12.1 Å². The molecule has 0 spiro atoms. The van der Waals surface area contributed by atoms with Crippen LogP contribution in [0.2, 0.25) is 0 Å². The van der Waals surface area contributed by atoms with Crippen molar-refractivity contribution in [2.45, 2.75) is 0 Å². The molecule has 0 radical (unpaired) electrons. The van der Waals surface area contributed by atoms with E-state index in [0.717, 1.165) is 6.07 Å². The standard InChI is InChI=1S/C13H7FN2O4/c14-10-7(3-1-4-8(10)13(17)18)11-15-16-12(20-11)9-5-2-6-19-9/h1-6H,(H,17,18). The van der Waals surface area contributed by atoms with E-state index in [9.17, 15) is 9.18 Å². The van der Waals surface area contributed by atoms with Gasteiger partial charge in [0.15, 0.2) is 5.76 Å². The first kappa shape index (κ1) is 12.1. The molecule has 100 valence electrons. The second-order valence-electron chi connectivity index (χ2n) is 3.86. The highest BCUT2D eigenvalue weighted by molar-refractivity contribution is 5.89. The molecule has 0 unspecified atom stereocenters. The summed E-state index contributed by atoms with van der Waals surface area (Å²) in [5.41, 5.74) is -0.532. The maximum Gasteiger partial charge on any atom is 0.338 e. The Kier molecular flexibility index (Phi) is 2.79. The Morgan fingerprint density at radius 2 is 1.95 bits per heavy atom. The molecule has 0 saturated heterocycles. The molecule has 6 nitrogen and oxygen atoms in total. The second-order valence-corrected chi connectivity index (χ2v) is 3.86. The van der Waals surface area contributed by atoms with Crippen LogP contribution in [0.5, 0.6) is 0 Å². The maximum atomic E-state index is 14.0. The number of aromatic nitrogens is 2. The fraction of sp³-hybridized carbons (Fsp3) is 0. The Morgan fingerprint density at radius 3 is 2.65 bits per heavy atom. The van der Waals surface area contributed by atoms with Crippen molar-refractivity contribution >= 4 is 5.97 Å². The average Bonchev–Trinajstić information content (AvgIpc) is 3.09. The summed E-state index contributed by atoms with van der Waals surface area (Å²) in [7, 11) is 0. The van der Waals surface area contributed by atoms with Gasteiger partial charge in [0, 0.05) is 0 Å². The number of carbonyl (C=O) groups is 1. The number of hydrogen-bond acceptors (Lipinski definition) is 5. The molecule has 7 heteroatoms. The van der Waals surface area contributed by atoms with Crippen LogP contribution in [0.3, 0.4) is 0 Å². The van der Waals surface area contributed by atoms with Gasteiger partial charge < -0.3 is 13.9 Å². The van der Waals surface area contributed by atoms with E-state index in [0.29, 0.717) is 5.76 Å². The Morgan fingerprint density at radius 1 is 1.15 bits per heavy atom. The number of benzene rings is 1. The van der Waals surface area contributed by atoms with Crippen molar-refractivity contribution in [2.75, 3.05) is 0 Å². The zero-order chi connectivity index (χ0) is 14.1. The van der Waals surface area contributed by atoms with E-state index >= 15 is 0 Å². The summed E-state index contributed by atoms with van der Waals surface area (Å²) in [5.74, 6) is -1.97. The molecule has 3 rings (SSSR count). The number of rotatable bonds is 3. The molecule has 1 N–H and O–H groups in total. The summed E-state index contributed by atoms with van der Waals surface area (Å²) in [6.07, 6.45) is 1.44. The highest BCUT2D eigenvalue weighted by Crippen LogP contribution is 2.27. The predicted molar refractivity (Wildman–Crippen MR) is 64.4 cm³/mol. The Hall–Kier alpha value is -2.96. The summed E-state index contributed by atoms with van der Waals surface area (Å²) in [5, 5.41) is 16.3. The van der Waals surface area contributed by atoms with Crippen molar-refractivity contribution in [2.24, 2.45) is 0 Å². The van der Waals surface area contributed by atoms with Crippen LogP contribution in [0.1, 0.15) is 10.4 Å². The summed E-state index contributed by atoms with van der Waals surface area (Å²) >= 11 is 0. The molecule has 20 heavy (non-hydrogen) atoms. The number of furan rings is 1. The van der Waals surface area contributed by atoms with E-state index in [2.05, 4.69) is 10.2 Å². The SMILES string of the molecule is O=C(O)c1cccc(-c2nnc(-c3ccco3)o2)c1F. The fourth-order valence-electron chi connectivity index (χ4n) is 1.69. The molecule has 0 aliphatic heterocycles. The van der Waals surface area contributed by atoms with Gasteiger partial charge in [-0.25, -0.2) is 9.18 Å². The van der Waals surface area contributed by atoms with Crippen molar-refractivity contribution in [1.29, 1.82) is 0 Å². The third-order valence-corrected chi connectivity index (χ3v) is 2.62. The molecule has 0 amide bonds. The lowest BCUT2D eigenvalue weighted by molar-refractivity contribution is 0.0692. The van der Waals surface area contributed by atoms with Crippen LogP contribution in [-0.4, -0.2) is 21.3 Å². The quantitative estimate of drug-likeness (QED) is 0.789. The molecule has 2 aromatic heterocycles. The minimum atomic E-state index is -1.37.